The smallest absolute Gasteiger partial charge is 0.243 e. The zero-order chi connectivity index (χ0) is 9.26. The van der Waals surface area contributed by atoms with Crippen molar-refractivity contribution in [1.82, 2.24) is 10.2 Å². The van der Waals surface area contributed by atoms with Crippen molar-refractivity contribution in [3.8, 4) is 0 Å². The van der Waals surface area contributed by atoms with Crippen molar-refractivity contribution in [3.63, 3.8) is 0 Å². The maximum atomic E-state index is 11.7. The Morgan fingerprint density at radius 2 is 2.46 bits per heavy atom. The van der Waals surface area contributed by atoms with Crippen LogP contribution in [0.4, 0.5) is 0 Å². The van der Waals surface area contributed by atoms with Crippen LogP contribution in [0.15, 0.2) is 11.6 Å². The second kappa shape index (κ2) is 3.50. The van der Waals surface area contributed by atoms with Gasteiger partial charge in [0.05, 0.1) is 0 Å². The number of likely N-dealkylation sites (N-methyl/N-ethyl adjacent to an activating group) is 1. The average molecular weight is 180 g/mol. The van der Waals surface area contributed by atoms with E-state index in [0.717, 1.165) is 25.9 Å². The van der Waals surface area contributed by atoms with Crippen LogP contribution in [-0.4, -0.2) is 37.0 Å². The third-order valence-electron chi connectivity index (χ3n) is 2.87. The molecular weight excluding hydrogens is 164 g/mol. The zero-order valence-electron chi connectivity index (χ0n) is 8.05. The Balaban J connectivity index is 2.09. The van der Waals surface area contributed by atoms with Crippen LogP contribution in [0.1, 0.15) is 19.3 Å². The summed E-state index contributed by atoms with van der Waals surface area (Å²) in [5.74, 6) is 0.236. The number of hydrogen-bond acceptors (Lipinski definition) is 2. The van der Waals surface area contributed by atoms with E-state index in [-0.39, 0.29) is 11.9 Å². The Bertz CT molecular complexity index is 247. The molecule has 0 radical (unpaired) electrons. The summed E-state index contributed by atoms with van der Waals surface area (Å²) in [4.78, 5) is 13.6. The van der Waals surface area contributed by atoms with Gasteiger partial charge in [-0.2, -0.15) is 0 Å². The van der Waals surface area contributed by atoms with Gasteiger partial charge in [-0.3, -0.25) is 4.79 Å². The fourth-order valence-electron chi connectivity index (χ4n) is 2.04. The van der Waals surface area contributed by atoms with Crippen LogP contribution in [0.3, 0.4) is 0 Å². The lowest BCUT2D eigenvalue weighted by Crippen LogP contribution is -2.54. The van der Waals surface area contributed by atoms with Gasteiger partial charge in [0.25, 0.3) is 0 Å². The number of nitrogens with one attached hydrogen (secondary N) is 1. The van der Waals surface area contributed by atoms with Gasteiger partial charge in [-0.25, -0.2) is 0 Å². The first-order chi connectivity index (χ1) is 6.29. The van der Waals surface area contributed by atoms with Crippen molar-refractivity contribution >= 4 is 5.91 Å². The van der Waals surface area contributed by atoms with Gasteiger partial charge in [-0.15, -0.1) is 0 Å². The molecule has 1 aliphatic carbocycles. The molecule has 1 atom stereocenters. The van der Waals surface area contributed by atoms with Crippen molar-refractivity contribution < 1.29 is 4.79 Å². The Morgan fingerprint density at radius 3 is 3.15 bits per heavy atom. The topological polar surface area (TPSA) is 32.3 Å². The summed E-state index contributed by atoms with van der Waals surface area (Å²) in [6.45, 7) is 1.76. The van der Waals surface area contributed by atoms with Crippen molar-refractivity contribution in [2.75, 3.05) is 20.1 Å². The molecule has 3 nitrogen and oxygen atoms in total. The maximum absolute atomic E-state index is 11.7. The third-order valence-corrected chi connectivity index (χ3v) is 2.87. The zero-order valence-corrected chi connectivity index (χ0v) is 8.05. The molecule has 1 unspecified atom stereocenters. The normalized spacial score (nSPS) is 29.3. The van der Waals surface area contributed by atoms with Gasteiger partial charge < -0.3 is 10.2 Å². The van der Waals surface area contributed by atoms with Gasteiger partial charge in [0.1, 0.15) is 6.04 Å². The summed E-state index contributed by atoms with van der Waals surface area (Å²) < 4.78 is 0. The molecule has 1 aliphatic heterocycles. The lowest BCUT2D eigenvalue weighted by molar-refractivity contribution is -0.133. The molecule has 13 heavy (non-hydrogen) atoms. The molecule has 0 aromatic carbocycles. The van der Waals surface area contributed by atoms with E-state index in [1.807, 2.05) is 11.9 Å². The van der Waals surface area contributed by atoms with E-state index in [2.05, 4.69) is 11.4 Å². The van der Waals surface area contributed by atoms with E-state index >= 15 is 0 Å². The van der Waals surface area contributed by atoms with Gasteiger partial charge in [-0.1, -0.05) is 6.08 Å². The minimum absolute atomic E-state index is 0.0127. The predicted octanol–water partition coefficient (Wildman–Crippen LogP) is 0.527. The Hall–Kier alpha value is -0.830. The molecule has 2 rings (SSSR count). The van der Waals surface area contributed by atoms with Crippen molar-refractivity contribution in [2.45, 2.75) is 25.3 Å². The Morgan fingerprint density at radius 1 is 1.62 bits per heavy atom. The summed E-state index contributed by atoms with van der Waals surface area (Å²) in [6.07, 6.45) is 5.67. The number of rotatable bonds is 1. The van der Waals surface area contributed by atoms with Gasteiger partial charge in [0, 0.05) is 20.1 Å². The molecule has 0 aromatic heterocycles. The van der Waals surface area contributed by atoms with Crippen molar-refractivity contribution in [1.29, 1.82) is 0 Å². The summed E-state index contributed by atoms with van der Waals surface area (Å²) in [5.41, 5.74) is 1.30. The first kappa shape index (κ1) is 8.75. The van der Waals surface area contributed by atoms with E-state index in [1.54, 1.807) is 0 Å². The number of nitrogens with zero attached hydrogens (tertiary/aromatic N) is 1. The minimum atomic E-state index is -0.0127. The lowest BCUT2D eigenvalue weighted by atomic mass is 10.0. The number of allylic oxidation sites excluding steroid dienone is 1. The number of carbonyl (C=O) groups excluding carboxylic acids is 1. The lowest BCUT2D eigenvalue weighted by Gasteiger charge is -2.31. The molecule has 0 aromatic rings. The highest BCUT2D eigenvalue weighted by molar-refractivity contribution is 5.85. The number of hydrogen-bond donors (Lipinski definition) is 1. The van der Waals surface area contributed by atoms with Crippen LogP contribution >= 0.6 is 0 Å². The molecule has 1 amide bonds. The summed E-state index contributed by atoms with van der Waals surface area (Å²) in [5, 5.41) is 3.28. The summed E-state index contributed by atoms with van der Waals surface area (Å²) in [6, 6.07) is -0.0127. The van der Waals surface area contributed by atoms with Crippen LogP contribution in [0.2, 0.25) is 0 Å². The molecule has 1 fully saturated rings. The first-order valence-corrected chi connectivity index (χ1v) is 4.96. The van der Waals surface area contributed by atoms with Gasteiger partial charge in [0.2, 0.25) is 5.91 Å². The molecule has 1 saturated heterocycles. The van der Waals surface area contributed by atoms with Gasteiger partial charge in [-0.05, 0) is 24.8 Å². The maximum Gasteiger partial charge on any atom is 0.243 e. The molecule has 0 spiro atoms. The van der Waals surface area contributed by atoms with E-state index in [4.69, 9.17) is 0 Å². The van der Waals surface area contributed by atoms with E-state index in [9.17, 15) is 4.79 Å². The number of amides is 1. The van der Waals surface area contributed by atoms with Gasteiger partial charge >= 0.3 is 0 Å². The molecule has 0 saturated carbocycles. The van der Waals surface area contributed by atoms with Crippen LogP contribution in [-0.2, 0) is 4.79 Å². The van der Waals surface area contributed by atoms with Gasteiger partial charge in [0.15, 0.2) is 0 Å². The molecule has 3 heteroatoms. The first-order valence-electron chi connectivity index (χ1n) is 4.96. The molecular formula is C10H16N2O. The standard InChI is InChI=1S/C10H16N2O/c1-12-7-6-11-9(10(12)13)8-4-2-3-5-8/h4,9,11H,2-3,5-7H2,1H3. The van der Waals surface area contributed by atoms with E-state index in [0.29, 0.717) is 0 Å². The predicted molar refractivity (Wildman–Crippen MR) is 51.4 cm³/mol. The van der Waals surface area contributed by atoms with Crippen LogP contribution in [0.25, 0.3) is 0 Å². The van der Waals surface area contributed by atoms with Crippen LogP contribution < -0.4 is 5.32 Å². The monoisotopic (exact) mass is 180 g/mol. The van der Waals surface area contributed by atoms with Crippen molar-refractivity contribution in [2.24, 2.45) is 0 Å². The third kappa shape index (κ3) is 1.61. The SMILES string of the molecule is CN1CCNC(C2=CCCC2)C1=O. The fraction of sp³-hybridized carbons (Fsp3) is 0.700. The quantitative estimate of drug-likeness (QED) is 0.597. The Labute approximate surface area is 78.8 Å². The Kier molecular flexibility index (Phi) is 2.36. The van der Waals surface area contributed by atoms with Crippen LogP contribution in [0, 0.1) is 0 Å². The molecule has 1 heterocycles. The minimum Gasteiger partial charge on any atom is -0.343 e. The second-order valence-corrected chi connectivity index (χ2v) is 3.82. The molecule has 0 bridgehead atoms. The summed E-state index contributed by atoms with van der Waals surface area (Å²) in [7, 11) is 1.88. The summed E-state index contributed by atoms with van der Waals surface area (Å²) >= 11 is 0. The van der Waals surface area contributed by atoms with E-state index < -0.39 is 0 Å². The molecule has 1 N–H and O–H groups in total. The average Bonchev–Trinajstić information content (AvgIpc) is 2.62. The number of carbonyl (C=O) groups is 1. The van der Waals surface area contributed by atoms with Crippen LogP contribution in [0.5, 0.6) is 0 Å². The number of piperazine rings is 1. The fourth-order valence-corrected chi connectivity index (χ4v) is 2.04. The highest BCUT2D eigenvalue weighted by Crippen LogP contribution is 2.22. The van der Waals surface area contributed by atoms with E-state index in [1.165, 1.54) is 12.0 Å². The second-order valence-electron chi connectivity index (χ2n) is 3.82. The largest absolute Gasteiger partial charge is 0.343 e. The highest BCUT2D eigenvalue weighted by atomic mass is 16.2. The molecule has 72 valence electrons. The highest BCUT2D eigenvalue weighted by Gasteiger charge is 2.29. The molecule has 2 aliphatic rings. The van der Waals surface area contributed by atoms with Crippen molar-refractivity contribution in [3.05, 3.63) is 11.6 Å².